The molecular formula is C18H26N4O3. The van der Waals surface area contributed by atoms with Gasteiger partial charge in [0.15, 0.2) is 0 Å². The van der Waals surface area contributed by atoms with Gasteiger partial charge in [-0.1, -0.05) is 26.8 Å². The fourth-order valence-electron chi connectivity index (χ4n) is 2.75. The first-order chi connectivity index (χ1) is 11.6. The Labute approximate surface area is 148 Å². The number of nitrogens with two attached hydrogens (primary N) is 1. The van der Waals surface area contributed by atoms with Crippen molar-refractivity contribution >= 4 is 23.5 Å². The summed E-state index contributed by atoms with van der Waals surface area (Å²) in [6, 6.07) is 4.81. The summed E-state index contributed by atoms with van der Waals surface area (Å²) in [4.78, 5) is 39.5. The highest BCUT2D eigenvalue weighted by Gasteiger charge is 2.30. The molecule has 3 N–H and O–H groups in total. The number of primary amides is 1. The summed E-state index contributed by atoms with van der Waals surface area (Å²) in [5.41, 5.74) is 6.59. The topological polar surface area (TPSA) is 95.7 Å². The van der Waals surface area contributed by atoms with Crippen LogP contribution >= 0.6 is 0 Å². The Bertz CT molecular complexity index is 686. The number of benzene rings is 1. The van der Waals surface area contributed by atoms with Gasteiger partial charge in [0.2, 0.25) is 11.8 Å². The first kappa shape index (κ1) is 18.8. The summed E-state index contributed by atoms with van der Waals surface area (Å²) in [7, 11) is 0. The second-order valence-electron chi connectivity index (χ2n) is 7.35. The monoisotopic (exact) mass is 346 g/mol. The molecule has 0 radical (unpaired) electrons. The molecule has 7 heteroatoms. The number of rotatable bonds is 2. The van der Waals surface area contributed by atoms with Crippen molar-refractivity contribution in [1.29, 1.82) is 0 Å². The molecule has 136 valence electrons. The van der Waals surface area contributed by atoms with E-state index >= 15 is 0 Å². The smallest absolute Gasteiger partial charge is 0.321 e. The van der Waals surface area contributed by atoms with E-state index in [-0.39, 0.29) is 11.9 Å². The molecule has 1 aliphatic heterocycles. The normalized spacial score (nSPS) is 15.0. The van der Waals surface area contributed by atoms with E-state index in [0.717, 1.165) is 5.56 Å². The molecule has 1 aromatic carbocycles. The zero-order valence-corrected chi connectivity index (χ0v) is 15.3. The van der Waals surface area contributed by atoms with Crippen LogP contribution in [0.1, 0.15) is 36.7 Å². The van der Waals surface area contributed by atoms with E-state index in [1.807, 2.05) is 20.8 Å². The van der Waals surface area contributed by atoms with E-state index in [1.54, 1.807) is 34.9 Å². The molecule has 0 atom stereocenters. The maximum Gasteiger partial charge on any atom is 0.321 e. The lowest BCUT2D eigenvalue weighted by Crippen LogP contribution is -2.53. The molecule has 4 amide bonds. The highest BCUT2D eigenvalue weighted by atomic mass is 16.2. The number of nitrogens with one attached hydrogen (secondary N) is 1. The molecule has 1 fully saturated rings. The van der Waals surface area contributed by atoms with Gasteiger partial charge in [-0.2, -0.15) is 0 Å². The number of piperazine rings is 1. The number of carbonyl (C=O) groups is 3. The lowest BCUT2D eigenvalue weighted by atomic mass is 9.94. The van der Waals surface area contributed by atoms with Gasteiger partial charge in [0.05, 0.1) is 0 Å². The minimum atomic E-state index is -0.525. The van der Waals surface area contributed by atoms with E-state index in [2.05, 4.69) is 5.32 Å². The van der Waals surface area contributed by atoms with Crippen molar-refractivity contribution in [2.24, 2.45) is 11.1 Å². The highest BCUT2D eigenvalue weighted by Crippen LogP contribution is 2.19. The predicted molar refractivity (Wildman–Crippen MR) is 96.3 cm³/mol. The molecule has 0 saturated carbocycles. The number of anilines is 1. The van der Waals surface area contributed by atoms with Crippen LogP contribution in [0, 0.1) is 12.3 Å². The predicted octanol–water partition coefficient (Wildman–Crippen LogP) is 1.82. The van der Waals surface area contributed by atoms with Crippen molar-refractivity contribution in [3.05, 3.63) is 29.3 Å². The van der Waals surface area contributed by atoms with Gasteiger partial charge < -0.3 is 20.9 Å². The number of urea groups is 1. The summed E-state index contributed by atoms with van der Waals surface area (Å²) >= 11 is 0. The number of nitrogens with zero attached hydrogens (tertiary/aromatic N) is 2. The standard InChI is InChI=1S/C18H26N4O3/c1-12-5-6-13(11-14(12)15(19)23)20-17(25)22-9-7-21(8-10-22)16(24)18(2,3)4/h5-6,11H,7-10H2,1-4H3,(H2,19,23)(H,20,25). The van der Waals surface area contributed by atoms with Gasteiger partial charge in [0, 0.05) is 42.8 Å². The Morgan fingerprint density at radius 3 is 2.12 bits per heavy atom. The van der Waals surface area contributed by atoms with Gasteiger partial charge in [0.25, 0.3) is 0 Å². The molecule has 7 nitrogen and oxygen atoms in total. The van der Waals surface area contributed by atoms with E-state index < -0.39 is 11.3 Å². The van der Waals surface area contributed by atoms with E-state index in [4.69, 9.17) is 5.73 Å². The third-order valence-electron chi connectivity index (χ3n) is 4.25. The molecule has 0 aromatic heterocycles. The molecule has 0 unspecified atom stereocenters. The summed E-state index contributed by atoms with van der Waals surface area (Å²) in [5, 5.41) is 2.78. The van der Waals surface area contributed by atoms with Gasteiger partial charge >= 0.3 is 6.03 Å². The molecule has 25 heavy (non-hydrogen) atoms. The third-order valence-corrected chi connectivity index (χ3v) is 4.25. The maximum absolute atomic E-state index is 12.4. The van der Waals surface area contributed by atoms with Gasteiger partial charge in [0.1, 0.15) is 0 Å². The summed E-state index contributed by atoms with van der Waals surface area (Å²) in [6.07, 6.45) is 0. The number of aryl methyl sites for hydroxylation is 1. The number of amides is 4. The van der Waals surface area contributed by atoms with Crippen molar-refractivity contribution < 1.29 is 14.4 Å². The summed E-state index contributed by atoms with van der Waals surface area (Å²) in [6.45, 7) is 9.45. The van der Waals surface area contributed by atoms with Crippen LogP contribution in [0.5, 0.6) is 0 Å². The van der Waals surface area contributed by atoms with Crippen LogP contribution < -0.4 is 11.1 Å². The number of carbonyl (C=O) groups excluding carboxylic acids is 3. The quantitative estimate of drug-likeness (QED) is 0.855. The molecule has 1 saturated heterocycles. The fraction of sp³-hybridized carbons (Fsp3) is 0.500. The molecule has 0 spiro atoms. The Morgan fingerprint density at radius 1 is 1.04 bits per heavy atom. The average molecular weight is 346 g/mol. The molecule has 0 aliphatic carbocycles. The van der Waals surface area contributed by atoms with Crippen molar-refractivity contribution in [2.45, 2.75) is 27.7 Å². The fourth-order valence-corrected chi connectivity index (χ4v) is 2.75. The van der Waals surface area contributed by atoms with Crippen LogP contribution in [-0.2, 0) is 4.79 Å². The first-order valence-electron chi connectivity index (χ1n) is 8.35. The van der Waals surface area contributed by atoms with Gasteiger partial charge in [-0.15, -0.1) is 0 Å². The molecule has 1 heterocycles. The summed E-state index contributed by atoms with van der Waals surface area (Å²) < 4.78 is 0. The van der Waals surface area contributed by atoms with Crippen molar-refractivity contribution in [2.75, 3.05) is 31.5 Å². The Balaban J connectivity index is 1.96. The van der Waals surface area contributed by atoms with E-state index in [9.17, 15) is 14.4 Å². The van der Waals surface area contributed by atoms with E-state index in [1.165, 1.54) is 0 Å². The van der Waals surface area contributed by atoms with Crippen LogP contribution in [0.25, 0.3) is 0 Å². The van der Waals surface area contributed by atoms with Crippen molar-refractivity contribution in [3.63, 3.8) is 0 Å². The van der Waals surface area contributed by atoms with Gasteiger partial charge in [-0.25, -0.2) is 4.79 Å². The zero-order valence-electron chi connectivity index (χ0n) is 15.3. The van der Waals surface area contributed by atoms with Gasteiger partial charge in [-0.3, -0.25) is 9.59 Å². The number of hydrogen-bond donors (Lipinski definition) is 2. The third kappa shape index (κ3) is 4.49. The Kier molecular flexibility index (Phi) is 5.35. The largest absolute Gasteiger partial charge is 0.366 e. The Morgan fingerprint density at radius 2 is 1.60 bits per heavy atom. The lowest BCUT2D eigenvalue weighted by molar-refractivity contribution is -0.140. The van der Waals surface area contributed by atoms with Gasteiger partial charge in [-0.05, 0) is 24.6 Å². The Hall–Kier alpha value is -2.57. The highest BCUT2D eigenvalue weighted by molar-refractivity contribution is 5.97. The molecule has 1 aliphatic rings. The minimum absolute atomic E-state index is 0.0946. The van der Waals surface area contributed by atoms with Crippen molar-refractivity contribution in [1.82, 2.24) is 9.80 Å². The van der Waals surface area contributed by atoms with Crippen LogP contribution in [0.2, 0.25) is 0 Å². The molecule has 1 aromatic rings. The molecule has 2 rings (SSSR count). The molecule has 0 bridgehead atoms. The van der Waals surface area contributed by atoms with Crippen molar-refractivity contribution in [3.8, 4) is 0 Å². The van der Waals surface area contributed by atoms with Crippen LogP contribution in [-0.4, -0.2) is 53.8 Å². The summed E-state index contributed by atoms with van der Waals surface area (Å²) in [5.74, 6) is -0.430. The SMILES string of the molecule is Cc1ccc(NC(=O)N2CCN(C(=O)C(C)(C)C)CC2)cc1C(N)=O. The zero-order chi connectivity index (χ0) is 18.8. The second kappa shape index (κ2) is 7.13. The van der Waals surface area contributed by atoms with Crippen LogP contribution in [0.4, 0.5) is 10.5 Å². The first-order valence-corrected chi connectivity index (χ1v) is 8.35. The van der Waals surface area contributed by atoms with E-state index in [0.29, 0.717) is 37.4 Å². The maximum atomic E-state index is 12.4. The molecular weight excluding hydrogens is 320 g/mol. The minimum Gasteiger partial charge on any atom is -0.366 e. The average Bonchev–Trinajstić information content (AvgIpc) is 2.55. The second-order valence-corrected chi connectivity index (χ2v) is 7.35. The number of hydrogen-bond acceptors (Lipinski definition) is 3. The van der Waals surface area contributed by atoms with Crippen LogP contribution in [0.3, 0.4) is 0 Å². The van der Waals surface area contributed by atoms with Crippen LogP contribution in [0.15, 0.2) is 18.2 Å². The lowest BCUT2D eigenvalue weighted by Gasteiger charge is -2.37.